The van der Waals surface area contributed by atoms with Gasteiger partial charge in [0.05, 0.1) is 11.2 Å². The fraction of sp³-hybridized carbons (Fsp3) is 0.316. The minimum Gasteiger partial charge on any atom is -0.294 e. The predicted octanol–water partition coefficient (Wildman–Crippen LogP) is 3.46. The summed E-state index contributed by atoms with van der Waals surface area (Å²) >= 11 is 0. The first-order valence-corrected chi connectivity index (χ1v) is 8.09. The zero-order valence-electron chi connectivity index (χ0n) is 13.0. The number of pyridine rings is 1. The quantitative estimate of drug-likeness (QED) is 0.734. The van der Waals surface area contributed by atoms with Crippen LogP contribution in [0.1, 0.15) is 29.3 Å². The fourth-order valence-electron chi connectivity index (χ4n) is 3.49. The molecular formula is C19H21N3. The van der Waals surface area contributed by atoms with Crippen molar-refractivity contribution in [1.82, 2.24) is 14.5 Å². The second kappa shape index (κ2) is 5.58. The van der Waals surface area contributed by atoms with E-state index in [1.807, 2.05) is 16.8 Å². The van der Waals surface area contributed by atoms with E-state index in [1.54, 1.807) is 0 Å². The van der Waals surface area contributed by atoms with E-state index in [0.29, 0.717) is 0 Å². The number of benzene rings is 1. The monoisotopic (exact) mass is 291 g/mol. The molecule has 0 unspecified atom stereocenters. The molecule has 22 heavy (non-hydrogen) atoms. The lowest BCUT2D eigenvalue weighted by Gasteiger charge is -2.14. The van der Waals surface area contributed by atoms with Gasteiger partial charge in [-0.2, -0.15) is 5.10 Å². The molecule has 4 rings (SSSR count). The van der Waals surface area contributed by atoms with Gasteiger partial charge in [0.1, 0.15) is 0 Å². The maximum absolute atomic E-state index is 4.71. The standard InChI is InChI=1S/C19H21N3/c1-2-18-17(19-9-5-6-11-22(19)20-18)10-12-21-13-15-7-3-4-8-16(15)14-21/h3-9,11H,2,10,12-14H2,1H3. The summed E-state index contributed by atoms with van der Waals surface area (Å²) in [6.45, 7) is 5.45. The van der Waals surface area contributed by atoms with Crippen molar-refractivity contribution in [2.45, 2.75) is 32.9 Å². The topological polar surface area (TPSA) is 20.5 Å². The van der Waals surface area contributed by atoms with Crippen LogP contribution in [0.15, 0.2) is 48.7 Å². The maximum Gasteiger partial charge on any atom is 0.0696 e. The third kappa shape index (κ3) is 2.32. The Labute approximate surface area is 131 Å². The van der Waals surface area contributed by atoms with Gasteiger partial charge < -0.3 is 0 Å². The van der Waals surface area contributed by atoms with Gasteiger partial charge >= 0.3 is 0 Å². The predicted molar refractivity (Wildman–Crippen MR) is 88.8 cm³/mol. The van der Waals surface area contributed by atoms with E-state index in [1.165, 1.54) is 27.9 Å². The molecule has 0 bridgehead atoms. The SMILES string of the molecule is CCc1nn2ccccc2c1CCN1Cc2ccccc2C1. The normalized spacial score (nSPS) is 14.6. The van der Waals surface area contributed by atoms with Crippen LogP contribution in [0.2, 0.25) is 0 Å². The summed E-state index contributed by atoms with van der Waals surface area (Å²) in [4.78, 5) is 2.54. The molecule has 3 heteroatoms. The van der Waals surface area contributed by atoms with Crippen LogP contribution in [0.4, 0.5) is 0 Å². The zero-order valence-corrected chi connectivity index (χ0v) is 13.0. The van der Waals surface area contributed by atoms with E-state index in [4.69, 9.17) is 5.10 Å². The lowest BCUT2D eigenvalue weighted by atomic mass is 10.1. The number of fused-ring (bicyclic) bond motifs is 2. The summed E-state index contributed by atoms with van der Waals surface area (Å²) in [5, 5.41) is 4.71. The van der Waals surface area contributed by atoms with E-state index >= 15 is 0 Å². The van der Waals surface area contributed by atoms with E-state index in [9.17, 15) is 0 Å². The summed E-state index contributed by atoms with van der Waals surface area (Å²) in [6.07, 6.45) is 4.12. The molecule has 0 N–H and O–H groups in total. The number of hydrogen-bond donors (Lipinski definition) is 0. The molecule has 2 aromatic heterocycles. The van der Waals surface area contributed by atoms with Crippen LogP contribution in [0.25, 0.3) is 5.52 Å². The Bertz CT molecular complexity index is 778. The second-order valence-electron chi connectivity index (χ2n) is 6.04. The van der Waals surface area contributed by atoms with E-state index in [2.05, 4.69) is 48.2 Å². The van der Waals surface area contributed by atoms with E-state index in [-0.39, 0.29) is 0 Å². The average molecular weight is 291 g/mol. The third-order valence-corrected chi connectivity index (χ3v) is 4.64. The van der Waals surface area contributed by atoms with E-state index < -0.39 is 0 Å². The molecule has 1 aromatic carbocycles. The highest BCUT2D eigenvalue weighted by atomic mass is 15.2. The van der Waals surface area contributed by atoms with Crippen LogP contribution in [-0.4, -0.2) is 21.1 Å². The summed E-state index contributed by atoms with van der Waals surface area (Å²) in [7, 11) is 0. The smallest absolute Gasteiger partial charge is 0.0696 e. The van der Waals surface area contributed by atoms with Crippen molar-refractivity contribution in [3.05, 3.63) is 71.0 Å². The molecule has 0 radical (unpaired) electrons. The van der Waals surface area contributed by atoms with Crippen LogP contribution in [-0.2, 0) is 25.9 Å². The Morgan fingerprint density at radius 3 is 2.45 bits per heavy atom. The minimum absolute atomic E-state index is 0.997. The Kier molecular flexibility index (Phi) is 3.43. The second-order valence-corrected chi connectivity index (χ2v) is 6.04. The Balaban J connectivity index is 1.53. The Morgan fingerprint density at radius 2 is 1.73 bits per heavy atom. The number of nitrogens with zero attached hydrogens (tertiary/aromatic N) is 3. The van der Waals surface area contributed by atoms with Gasteiger partial charge in [-0.05, 0) is 36.1 Å². The first-order valence-electron chi connectivity index (χ1n) is 8.09. The fourth-order valence-corrected chi connectivity index (χ4v) is 3.49. The third-order valence-electron chi connectivity index (χ3n) is 4.64. The lowest BCUT2D eigenvalue weighted by Crippen LogP contribution is -2.19. The maximum atomic E-state index is 4.71. The first kappa shape index (κ1) is 13.5. The molecule has 1 aliphatic rings. The molecule has 0 saturated heterocycles. The molecular weight excluding hydrogens is 270 g/mol. The lowest BCUT2D eigenvalue weighted by molar-refractivity contribution is 0.288. The molecule has 0 amide bonds. The van der Waals surface area contributed by atoms with Crippen LogP contribution >= 0.6 is 0 Å². The van der Waals surface area contributed by atoms with E-state index in [0.717, 1.165) is 32.5 Å². The van der Waals surface area contributed by atoms with Gasteiger partial charge in [0.15, 0.2) is 0 Å². The molecule has 3 aromatic rings. The van der Waals surface area contributed by atoms with Gasteiger partial charge in [-0.25, -0.2) is 4.52 Å². The highest BCUT2D eigenvalue weighted by Crippen LogP contribution is 2.23. The molecule has 3 heterocycles. The first-order chi connectivity index (χ1) is 10.8. The highest BCUT2D eigenvalue weighted by Gasteiger charge is 2.19. The van der Waals surface area contributed by atoms with Crippen LogP contribution in [0, 0.1) is 0 Å². The summed E-state index contributed by atoms with van der Waals surface area (Å²) < 4.78 is 2.02. The highest BCUT2D eigenvalue weighted by molar-refractivity contribution is 5.56. The molecule has 1 aliphatic heterocycles. The van der Waals surface area contributed by atoms with Crippen molar-refractivity contribution in [1.29, 1.82) is 0 Å². The summed E-state index contributed by atoms with van der Waals surface area (Å²) in [5.74, 6) is 0. The van der Waals surface area contributed by atoms with Crippen molar-refractivity contribution in [3.8, 4) is 0 Å². The Hall–Kier alpha value is -2.13. The Morgan fingerprint density at radius 1 is 1.00 bits per heavy atom. The largest absolute Gasteiger partial charge is 0.294 e. The molecule has 0 aliphatic carbocycles. The van der Waals surface area contributed by atoms with Crippen molar-refractivity contribution in [2.24, 2.45) is 0 Å². The number of aromatic nitrogens is 2. The van der Waals surface area contributed by atoms with Crippen molar-refractivity contribution in [3.63, 3.8) is 0 Å². The van der Waals surface area contributed by atoms with Crippen molar-refractivity contribution < 1.29 is 0 Å². The zero-order chi connectivity index (χ0) is 14.9. The van der Waals surface area contributed by atoms with Crippen molar-refractivity contribution >= 4 is 5.52 Å². The number of aryl methyl sites for hydroxylation is 1. The summed E-state index contributed by atoms with van der Waals surface area (Å²) in [5.41, 5.74) is 6.88. The molecule has 0 saturated carbocycles. The number of hydrogen-bond acceptors (Lipinski definition) is 2. The molecule has 0 atom stereocenters. The number of rotatable bonds is 4. The van der Waals surface area contributed by atoms with Crippen molar-refractivity contribution in [2.75, 3.05) is 6.54 Å². The van der Waals surface area contributed by atoms with Gasteiger partial charge in [-0.15, -0.1) is 0 Å². The van der Waals surface area contributed by atoms with Gasteiger partial charge in [-0.3, -0.25) is 4.90 Å². The van der Waals surface area contributed by atoms with Gasteiger partial charge in [0.25, 0.3) is 0 Å². The van der Waals surface area contributed by atoms with Crippen LogP contribution in [0.3, 0.4) is 0 Å². The average Bonchev–Trinajstić information content (AvgIpc) is 3.13. The minimum atomic E-state index is 0.997. The molecule has 0 spiro atoms. The van der Waals surface area contributed by atoms with Gasteiger partial charge in [0, 0.05) is 31.4 Å². The van der Waals surface area contributed by atoms with Gasteiger partial charge in [-0.1, -0.05) is 37.3 Å². The molecule has 112 valence electrons. The van der Waals surface area contributed by atoms with Crippen LogP contribution in [0.5, 0.6) is 0 Å². The molecule has 0 fully saturated rings. The van der Waals surface area contributed by atoms with Gasteiger partial charge in [0.2, 0.25) is 0 Å². The summed E-state index contributed by atoms with van der Waals surface area (Å²) in [6, 6.07) is 15.1. The van der Waals surface area contributed by atoms with Crippen LogP contribution < -0.4 is 0 Å². The molecule has 3 nitrogen and oxygen atoms in total.